The summed E-state index contributed by atoms with van der Waals surface area (Å²) in [6.07, 6.45) is 7.53. The van der Waals surface area contributed by atoms with Gasteiger partial charge in [0.15, 0.2) is 11.5 Å². The second kappa shape index (κ2) is 10.8. The molecule has 2 aromatic carbocycles. The Bertz CT molecular complexity index is 1050. The minimum Gasteiger partial charge on any atom is -0.493 e. The van der Waals surface area contributed by atoms with Gasteiger partial charge in [0.05, 0.1) is 15.6 Å². The number of nitrogens with zero attached hydrogens (tertiary/aromatic N) is 1. The van der Waals surface area contributed by atoms with E-state index in [1.54, 1.807) is 7.11 Å². The SMILES string of the molecule is COc1cc(/C=C2\SC(=S)N(C3CCCCC3)C2=O)cc(I)c1OCc1ccc(Cl)cc1. The molecule has 8 heteroatoms. The summed E-state index contributed by atoms with van der Waals surface area (Å²) in [7, 11) is 1.62. The van der Waals surface area contributed by atoms with E-state index in [-0.39, 0.29) is 11.9 Å². The number of benzene rings is 2. The molecular formula is C24H23ClINO3S2. The maximum Gasteiger partial charge on any atom is 0.266 e. The third-order valence-corrected chi connectivity index (χ3v) is 7.99. The molecule has 168 valence electrons. The van der Waals surface area contributed by atoms with E-state index in [1.165, 1.54) is 18.2 Å². The van der Waals surface area contributed by atoms with Gasteiger partial charge in [0.2, 0.25) is 0 Å². The van der Waals surface area contributed by atoms with E-state index in [4.69, 9.17) is 33.3 Å². The lowest BCUT2D eigenvalue weighted by atomic mass is 9.94. The highest BCUT2D eigenvalue weighted by molar-refractivity contribution is 14.1. The van der Waals surface area contributed by atoms with Crippen molar-refractivity contribution in [2.75, 3.05) is 7.11 Å². The summed E-state index contributed by atoms with van der Waals surface area (Å²) >= 11 is 15.1. The number of hydrogen-bond donors (Lipinski definition) is 0. The lowest BCUT2D eigenvalue weighted by Crippen LogP contribution is -2.39. The first-order valence-electron chi connectivity index (χ1n) is 10.5. The van der Waals surface area contributed by atoms with Crippen LogP contribution >= 0.6 is 58.2 Å². The molecule has 1 heterocycles. The number of amides is 1. The van der Waals surface area contributed by atoms with Crippen molar-refractivity contribution in [3.8, 4) is 11.5 Å². The fourth-order valence-electron chi connectivity index (χ4n) is 3.98. The molecule has 0 unspecified atom stereocenters. The summed E-state index contributed by atoms with van der Waals surface area (Å²) < 4.78 is 13.2. The van der Waals surface area contributed by atoms with Crippen LogP contribution in [0.15, 0.2) is 41.3 Å². The van der Waals surface area contributed by atoms with E-state index in [2.05, 4.69) is 22.6 Å². The predicted molar refractivity (Wildman–Crippen MR) is 143 cm³/mol. The summed E-state index contributed by atoms with van der Waals surface area (Å²) in [5, 5.41) is 0.694. The number of rotatable bonds is 6. The van der Waals surface area contributed by atoms with Gasteiger partial charge in [0, 0.05) is 11.1 Å². The van der Waals surface area contributed by atoms with Gasteiger partial charge in [0.25, 0.3) is 5.91 Å². The zero-order valence-electron chi connectivity index (χ0n) is 17.6. The van der Waals surface area contributed by atoms with Gasteiger partial charge in [-0.1, -0.05) is 67.0 Å². The highest BCUT2D eigenvalue weighted by atomic mass is 127. The van der Waals surface area contributed by atoms with Crippen molar-refractivity contribution in [2.45, 2.75) is 44.8 Å². The molecule has 0 spiro atoms. The molecule has 0 bridgehead atoms. The molecular weight excluding hydrogens is 577 g/mol. The standard InChI is InChI=1S/C24H23ClINO3S2/c1-29-20-12-16(11-19(26)22(20)30-14-15-7-9-17(25)10-8-15)13-21-23(28)27(24(31)32-21)18-5-3-2-4-6-18/h7-13,18H,2-6,14H2,1H3/b21-13-. The quantitative estimate of drug-likeness (QED) is 0.202. The summed E-state index contributed by atoms with van der Waals surface area (Å²) in [4.78, 5) is 15.6. The van der Waals surface area contributed by atoms with E-state index in [0.29, 0.717) is 32.4 Å². The van der Waals surface area contributed by atoms with Crippen LogP contribution in [0.3, 0.4) is 0 Å². The van der Waals surface area contributed by atoms with Crippen LogP contribution in [0.2, 0.25) is 5.02 Å². The number of halogens is 2. The molecule has 1 aliphatic carbocycles. The van der Waals surface area contributed by atoms with Gasteiger partial charge >= 0.3 is 0 Å². The average Bonchev–Trinajstić information content (AvgIpc) is 3.07. The molecule has 4 nitrogen and oxygen atoms in total. The smallest absolute Gasteiger partial charge is 0.266 e. The molecule has 0 N–H and O–H groups in total. The minimum absolute atomic E-state index is 0.0175. The van der Waals surface area contributed by atoms with Crippen LogP contribution < -0.4 is 9.47 Å². The molecule has 2 aliphatic rings. The first-order chi connectivity index (χ1) is 15.5. The monoisotopic (exact) mass is 599 g/mol. The third kappa shape index (κ3) is 5.43. The highest BCUT2D eigenvalue weighted by Gasteiger charge is 2.37. The Morgan fingerprint density at radius 2 is 1.94 bits per heavy atom. The number of thiocarbonyl (C=S) groups is 1. The number of hydrogen-bond acceptors (Lipinski definition) is 5. The maximum absolute atomic E-state index is 13.1. The minimum atomic E-state index is 0.0175. The number of ether oxygens (including phenoxy) is 2. The van der Waals surface area contributed by atoms with Crippen LogP contribution in [-0.2, 0) is 11.4 Å². The Morgan fingerprint density at radius 1 is 1.22 bits per heavy atom. The van der Waals surface area contributed by atoms with E-state index < -0.39 is 0 Å². The second-order valence-electron chi connectivity index (χ2n) is 7.79. The van der Waals surface area contributed by atoms with Crippen LogP contribution in [0.1, 0.15) is 43.2 Å². The largest absolute Gasteiger partial charge is 0.493 e. The molecule has 1 amide bonds. The first kappa shape index (κ1) is 23.9. The van der Waals surface area contributed by atoms with Gasteiger partial charge in [0.1, 0.15) is 10.9 Å². The van der Waals surface area contributed by atoms with Crippen molar-refractivity contribution < 1.29 is 14.3 Å². The van der Waals surface area contributed by atoms with Crippen molar-refractivity contribution in [2.24, 2.45) is 0 Å². The molecule has 1 saturated carbocycles. The van der Waals surface area contributed by atoms with E-state index in [9.17, 15) is 4.79 Å². The summed E-state index contributed by atoms with van der Waals surface area (Å²) in [5.74, 6) is 1.32. The first-order valence-corrected chi connectivity index (χ1v) is 13.2. The second-order valence-corrected chi connectivity index (χ2v) is 11.1. The number of carbonyl (C=O) groups is 1. The molecule has 4 rings (SSSR count). The van der Waals surface area contributed by atoms with Crippen LogP contribution in [0.4, 0.5) is 0 Å². The van der Waals surface area contributed by atoms with Crippen LogP contribution in [0.5, 0.6) is 11.5 Å². The average molecular weight is 600 g/mol. The van der Waals surface area contributed by atoms with Crippen LogP contribution in [-0.4, -0.2) is 28.3 Å². The topological polar surface area (TPSA) is 38.8 Å². The Kier molecular flexibility index (Phi) is 8.02. The van der Waals surface area contributed by atoms with Crippen molar-refractivity contribution in [1.82, 2.24) is 4.90 Å². The fourth-order valence-corrected chi connectivity index (χ4v) is 6.29. The molecule has 1 saturated heterocycles. The Morgan fingerprint density at radius 3 is 2.62 bits per heavy atom. The zero-order chi connectivity index (χ0) is 22.7. The van der Waals surface area contributed by atoms with Gasteiger partial charge in [-0.25, -0.2) is 0 Å². The fraction of sp³-hybridized carbons (Fsp3) is 0.333. The van der Waals surface area contributed by atoms with Gasteiger partial charge in [-0.3, -0.25) is 9.69 Å². The van der Waals surface area contributed by atoms with E-state index in [0.717, 1.165) is 40.4 Å². The third-order valence-electron chi connectivity index (χ3n) is 5.61. The normalized spacial score (nSPS) is 18.5. The van der Waals surface area contributed by atoms with Gasteiger partial charge < -0.3 is 9.47 Å². The molecule has 2 aromatic rings. The molecule has 0 radical (unpaired) electrons. The number of thioether (sulfide) groups is 1. The van der Waals surface area contributed by atoms with Gasteiger partial charge in [-0.2, -0.15) is 0 Å². The predicted octanol–water partition coefficient (Wildman–Crippen LogP) is 7.07. The lowest BCUT2D eigenvalue weighted by Gasteiger charge is -2.29. The molecule has 1 aliphatic heterocycles. The Balaban J connectivity index is 1.53. The van der Waals surface area contributed by atoms with Crippen LogP contribution in [0, 0.1) is 3.57 Å². The van der Waals surface area contributed by atoms with Crippen molar-refractivity contribution in [3.63, 3.8) is 0 Å². The summed E-state index contributed by atoms with van der Waals surface area (Å²) in [5.41, 5.74) is 1.90. The summed E-state index contributed by atoms with van der Waals surface area (Å²) in [6, 6.07) is 11.7. The van der Waals surface area contributed by atoms with Crippen molar-refractivity contribution in [3.05, 3.63) is 61.0 Å². The van der Waals surface area contributed by atoms with Gasteiger partial charge in [-0.15, -0.1) is 0 Å². The lowest BCUT2D eigenvalue weighted by molar-refractivity contribution is -0.124. The van der Waals surface area contributed by atoms with Gasteiger partial charge in [-0.05, 0) is 76.9 Å². The Labute approximate surface area is 216 Å². The van der Waals surface area contributed by atoms with E-state index >= 15 is 0 Å². The zero-order valence-corrected chi connectivity index (χ0v) is 22.2. The summed E-state index contributed by atoms with van der Waals surface area (Å²) in [6.45, 7) is 0.406. The van der Waals surface area contributed by atoms with E-state index in [1.807, 2.05) is 47.4 Å². The molecule has 2 fully saturated rings. The number of carbonyl (C=O) groups excluding carboxylic acids is 1. The maximum atomic E-state index is 13.1. The highest BCUT2D eigenvalue weighted by Crippen LogP contribution is 2.39. The van der Waals surface area contributed by atoms with Crippen molar-refractivity contribution in [1.29, 1.82) is 0 Å². The van der Waals surface area contributed by atoms with Crippen molar-refractivity contribution >= 4 is 74.5 Å². The van der Waals surface area contributed by atoms with Crippen LogP contribution in [0.25, 0.3) is 6.08 Å². The number of methoxy groups -OCH3 is 1. The Hall–Kier alpha value is -1.29. The molecule has 0 atom stereocenters. The molecule has 0 aromatic heterocycles. The molecule has 32 heavy (non-hydrogen) atoms.